The van der Waals surface area contributed by atoms with E-state index in [0.29, 0.717) is 66.6 Å². The first-order valence-corrected chi connectivity index (χ1v) is 24.8. The van der Waals surface area contributed by atoms with E-state index in [1.54, 1.807) is 12.1 Å². The van der Waals surface area contributed by atoms with Gasteiger partial charge in [0.25, 0.3) is 0 Å². The molecule has 2 N–H and O–H groups in total. The first-order valence-electron chi connectivity index (χ1n) is 24.8. The summed E-state index contributed by atoms with van der Waals surface area (Å²) in [6.07, 6.45) is 9.29. The smallest absolute Gasteiger partial charge is 0.315 e. The summed E-state index contributed by atoms with van der Waals surface area (Å²) >= 11 is 0. The number of likely N-dealkylation sites (tertiary alicyclic amines) is 1. The molecular formula is C55H55NO10. The number of carbonyl (C=O) groups is 4. The Balaban J connectivity index is 0.736. The molecule has 0 aromatic heterocycles. The lowest BCUT2D eigenvalue weighted by Gasteiger charge is -2.62. The molecule has 1 saturated heterocycles. The van der Waals surface area contributed by atoms with Crippen molar-refractivity contribution in [1.82, 2.24) is 4.90 Å². The first-order chi connectivity index (χ1) is 32.0. The van der Waals surface area contributed by atoms with Gasteiger partial charge >= 0.3 is 11.9 Å². The molecule has 14 rings (SSSR count). The molecule has 4 aromatic rings. The number of Topliss-reactive ketones (excluding diaryl/α,β-unsaturated/α-hetero) is 2. The van der Waals surface area contributed by atoms with Crippen LogP contribution in [0.1, 0.15) is 110 Å². The van der Waals surface area contributed by atoms with Gasteiger partial charge in [-0.25, -0.2) is 0 Å². The number of ketones is 2. The molecule has 4 bridgehead atoms. The van der Waals surface area contributed by atoms with Crippen LogP contribution in [0.3, 0.4) is 0 Å². The Bertz CT molecular complexity index is 2660. The van der Waals surface area contributed by atoms with Crippen molar-refractivity contribution in [3.05, 3.63) is 94.0 Å². The molecular weight excluding hydrogens is 835 g/mol. The Kier molecular flexibility index (Phi) is 8.34. The maximum atomic E-state index is 14.1. The standard InChI is InChI=1S/C55H55NO10/c57-38-16-19-54(61)37-24-35-11-13-40(48-46(35)52(54,50(38)65-48)18-15-32(37)23-29-7-8-29)63-43(59)26-33-5-1-3-31-4-2-6-34(45(31)33)27-44(60)64-41-14-12-36-25-42-55(62)20-17-39(58)51-53(55,47(36)49(41)66-51)21-22-56(42)28-30-9-10-30/h1-6,11-14,29-30,32,37,42,50-51,61-62H,7-10,15-28H2/t32?,37-,42+,50-,51-,52-,53-,54+,55+/m0/s1. The molecule has 0 amide bonds. The summed E-state index contributed by atoms with van der Waals surface area (Å²) in [5.74, 6) is 2.20. The summed E-state index contributed by atoms with van der Waals surface area (Å²) in [5.41, 5.74) is 1.32. The van der Waals surface area contributed by atoms with E-state index in [1.165, 1.54) is 25.7 Å². The number of benzene rings is 4. The van der Waals surface area contributed by atoms with E-state index >= 15 is 0 Å². The highest BCUT2D eigenvalue weighted by molar-refractivity contribution is 5.95. The number of fused-ring (bicyclic) bond motifs is 1. The third kappa shape index (κ3) is 5.31. The second-order valence-corrected chi connectivity index (χ2v) is 22.0. The number of carbonyl (C=O) groups excluding carboxylic acids is 4. The summed E-state index contributed by atoms with van der Waals surface area (Å²) in [7, 11) is 0. The lowest BCUT2D eigenvalue weighted by atomic mass is 9.43. The zero-order valence-corrected chi connectivity index (χ0v) is 37.2. The van der Waals surface area contributed by atoms with Gasteiger partial charge in [-0.2, -0.15) is 0 Å². The lowest BCUT2D eigenvalue weighted by Crippen LogP contribution is -2.76. The molecule has 2 spiro atoms. The molecule has 11 heteroatoms. The number of piperidine rings is 1. The van der Waals surface area contributed by atoms with Crippen molar-refractivity contribution in [3.8, 4) is 23.0 Å². The molecule has 66 heavy (non-hydrogen) atoms. The number of rotatable bonds is 10. The first kappa shape index (κ1) is 40.0. The average molecular weight is 890 g/mol. The van der Waals surface area contributed by atoms with Crippen molar-refractivity contribution in [2.24, 2.45) is 23.7 Å². The van der Waals surface area contributed by atoms with Gasteiger partial charge in [0.15, 0.2) is 46.8 Å². The number of hydrogen-bond acceptors (Lipinski definition) is 11. The van der Waals surface area contributed by atoms with Crippen LogP contribution >= 0.6 is 0 Å². The SMILES string of the molecule is O=C(Cc1cccc2cccc(CC(=O)Oc3ccc4c5c3O[C@H]3C(=O)CC[C@@]6(O)[C@@H](C4)N(CC4CC4)CC[C@]536)c12)Oc1ccc2c3c1O[C@H]1C(=O)CC[C@@]4(O)[C@@H](C2)C(CC2CC2)CC[C@]314. The maximum Gasteiger partial charge on any atom is 0.315 e. The second-order valence-electron chi connectivity index (χ2n) is 22.0. The molecule has 4 aromatic carbocycles. The van der Waals surface area contributed by atoms with Crippen molar-refractivity contribution in [1.29, 1.82) is 0 Å². The van der Waals surface area contributed by atoms with Crippen molar-refractivity contribution in [2.45, 2.75) is 143 Å². The molecule has 3 heterocycles. The Morgan fingerprint density at radius 1 is 0.667 bits per heavy atom. The van der Waals surface area contributed by atoms with Gasteiger partial charge in [0.05, 0.1) is 34.9 Å². The van der Waals surface area contributed by atoms with Crippen LogP contribution in [0.25, 0.3) is 10.8 Å². The molecule has 10 aliphatic rings. The van der Waals surface area contributed by atoms with Gasteiger partial charge < -0.3 is 29.2 Å². The van der Waals surface area contributed by atoms with Crippen LogP contribution in [0, 0.1) is 23.7 Å². The van der Waals surface area contributed by atoms with E-state index in [1.807, 2.05) is 48.5 Å². The number of esters is 2. The Morgan fingerprint density at radius 3 is 1.85 bits per heavy atom. The van der Waals surface area contributed by atoms with Gasteiger partial charge in [0, 0.05) is 36.6 Å². The van der Waals surface area contributed by atoms with Crippen molar-refractivity contribution < 1.29 is 48.3 Å². The number of nitrogens with zero attached hydrogens (tertiary/aromatic N) is 1. The van der Waals surface area contributed by atoms with Gasteiger partial charge in [-0.1, -0.05) is 61.4 Å². The second kappa shape index (κ2) is 13.8. The molecule has 340 valence electrons. The van der Waals surface area contributed by atoms with E-state index in [-0.39, 0.29) is 60.7 Å². The topological polar surface area (TPSA) is 149 Å². The van der Waals surface area contributed by atoms with Crippen LogP contribution in [0.5, 0.6) is 23.0 Å². The fourth-order valence-corrected chi connectivity index (χ4v) is 15.6. The predicted molar refractivity (Wildman–Crippen MR) is 240 cm³/mol. The third-order valence-corrected chi connectivity index (χ3v) is 18.8. The Hall–Kier alpha value is -5.10. The number of ether oxygens (including phenoxy) is 4. The summed E-state index contributed by atoms with van der Waals surface area (Å²) < 4.78 is 25.5. The molecule has 11 nitrogen and oxygen atoms in total. The van der Waals surface area contributed by atoms with Gasteiger partial charge in [-0.05, 0) is 140 Å². The molecule has 0 radical (unpaired) electrons. The van der Waals surface area contributed by atoms with Crippen molar-refractivity contribution in [2.75, 3.05) is 13.1 Å². The molecule has 3 aliphatic heterocycles. The fraction of sp³-hybridized carbons (Fsp3) is 0.527. The van der Waals surface area contributed by atoms with Gasteiger partial charge in [0.2, 0.25) is 0 Å². The minimum atomic E-state index is -1.12. The van der Waals surface area contributed by atoms with E-state index in [9.17, 15) is 29.4 Å². The van der Waals surface area contributed by atoms with Crippen molar-refractivity contribution in [3.63, 3.8) is 0 Å². The summed E-state index contributed by atoms with van der Waals surface area (Å²) in [4.78, 5) is 57.9. The summed E-state index contributed by atoms with van der Waals surface area (Å²) in [5, 5.41) is 27.1. The van der Waals surface area contributed by atoms with Crippen LogP contribution < -0.4 is 18.9 Å². The van der Waals surface area contributed by atoms with Gasteiger partial charge in [-0.15, -0.1) is 0 Å². The van der Waals surface area contributed by atoms with Crippen LogP contribution in [-0.4, -0.2) is 81.2 Å². The molecule has 5 saturated carbocycles. The zero-order chi connectivity index (χ0) is 44.5. The summed E-state index contributed by atoms with van der Waals surface area (Å²) in [6.45, 7) is 1.76. The molecule has 1 unspecified atom stereocenters. The number of aliphatic hydroxyl groups is 2. The van der Waals surface area contributed by atoms with E-state index in [0.717, 1.165) is 71.3 Å². The van der Waals surface area contributed by atoms with Crippen LogP contribution in [0.15, 0.2) is 60.7 Å². The highest BCUT2D eigenvalue weighted by Gasteiger charge is 2.75. The highest BCUT2D eigenvalue weighted by atomic mass is 16.6. The van der Waals surface area contributed by atoms with E-state index in [2.05, 4.69) is 4.90 Å². The predicted octanol–water partition coefficient (Wildman–Crippen LogP) is 6.74. The lowest BCUT2D eigenvalue weighted by molar-refractivity contribution is -0.189. The fourth-order valence-electron chi connectivity index (χ4n) is 15.6. The van der Waals surface area contributed by atoms with Gasteiger partial charge in [-0.3, -0.25) is 24.1 Å². The minimum absolute atomic E-state index is 0.00290. The molecule has 6 fully saturated rings. The van der Waals surface area contributed by atoms with E-state index < -0.39 is 46.2 Å². The van der Waals surface area contributed by atoms with Crippen LogP contribution in [-0.2, 0) is 55.7 Å². The van der Waals surface area contributed by atoms with Crippen LogP contribution in [0.2, 0.25) is 0 Å². The van der Waals surface area contributed by atoms with Crippen LogP contribution in [0.4, 0.5) is 0 Å². The van der Waals surface area contributed by atoms with Crippen molar-refractivity contribution >= 4 is 34.3 Å². The molecule has 7 aliphatic carbocycles. The number of hydrogen-bond donors (Lipinski definition) is 2. The highest BCUT2D eigenvalue weighted by Crippen LogP contribution is 2.69. The quantitative estimate of drug-likeness (QED) is 0.129. The third-order valence-electron chi connectivity index (χ3n) is 18.8. The normalized spacial score (nSPS) is 35.2. The largest absolute Gasteiger partial charge is 0.477 e. The minimum Gasteiger partial charge on any atom is -0.477 e. The Morgan fingerprint density at radius 2 is 1.24 bits per heavy atom. The Labute approximate surface area is 383 Å². The zero-order valence-electron chi connectivity index (χ0n) is 37.2. The summed E-state index contributed by atoms with van der Waals surface area (Å²) in [6, 6.07) is 18.9. The van der Waals surface area contributed by atoms with E-state index in [4.69, 9.17) is 18.9 Å². The molecule has 9 atom stereocenters. The monoisotopic (exact) mass is 889 g/mol. The maximum absolute atomic E-state index is 14.1. The average Bonchev–Trinajstić information content (AvgIpc) is 4.23. The van der Waals surface area contributed by atoms with Gasteiger partial charge in [0.1, 0.15) is 0 Å².